The van der Waals surface area contributed by atoms with E-state index in [2.05, 4.69) is 4.99 Å². The number of methoxy groups -OCH3 is 1. The first-order valence-corrected chi connectivity index (χ1v) is 9.53. The Morgan fingerprint density at radius 1 is 0.933 bits per heavy atom. The van der Waals surface area contributed by atoms with Crippen LogP contribution in [0.15, 0.2) is 71.7 Å². The predicted molar refractivity (Wildman–Crippen MR) is 114 cm³/mol. The number of halogens is 3. The molecule has 0 aliphatic heterocycles. The van der Waals surface area contributed by atoms with E-state index in [0.717, 1.165) is 5.39 Å². The summed E-state index contributed by atoms with van der Waals surface area (Å²) < 4.78 is 47.2. The third kappa shape index (κ3) is 4.33. The van der Waals surface area contributed by atoms with Crippen molar-refractivity contribution in [2.75, 3.05) is 7.11 Å². The fraction of sp³-hybridized carbons (Fsp3) is 0.292. The van der Waals surface area contributed by atoms with Gasteiger partial charge >= 0.3 is 6.18 Å². The zero-order valence-electron chi connectivity index (χ0n) is 17.1. The van der Waals surface area contributed by atoms with Crippen LogP contribution in [0.2, 0.25) is 0 Å². The third-order valence-corrected chi connectivity index (χ3v) is 5.22. The van der Waals surface area contributed by atoms with Gasteiger partial charge in [0.05, 0.1) is 12.8 Å². The van der Waals surface area contributed by atoms with Crippen LogP contribution in [0.25, 0.3) is 10.8 Å². The molecule has 0 saturated heterocycles. The summed E-state index contributed by atoms with van der Waals surface area (Å²) in [5, 5.41) is 12.3. The molecule has 0 heterocycles. The highest BCUT2D eigenvalue weighted by atomic mass is 19.4. The molecule has 3 nitrogen and oxygen atoms in total. The highest BCUT2D eigenvalue weighted by molar-refractivity contribution is 5.94. The van der Waals surface area contributed by atoms with Gasteiger partial charge in [0.15, 0.2) is 5.60 Å². The van der Waals surface area contributed by atoms with E-state index in [4.69, 9.17) is 4.74 Å². The molecular formula is C24H24F3NO2. The van der Waals surface area contributed by atoms with Crippen molar-refractivity contribution < 1.29 is 23.0 Å². The lowest BCUT2D eigenvalue weighted by Crippen LogP contribution is -2.50. The van der Waals surface area contributed by atoms with E-state index in [-0.39, 0.29) is 0 Å². The molecule has 3 aromatic carbocycles. The monoisotopic (exact) mass is 415 g/mol. The van der Waals surface area contributed by atoms with Crippen LogP contribution in [0.4, 0.5) is 18.9 Å². The van der Waals surface area contributed by atoms with E-state index < -0.39 is 23.6 Å². The Bertz CT molecular complexity index is 1050. The van der Waals surface area contributed by atoms with Gasteiger partial charge < -0.3 is 9.84 Å². The molecular weight excluding hydrogens is 391 g/mol. The van der Waals surface area contributed by atoms with Crippen molar-refractivity contribution in [3.8, 4) is 5.75 Å². The molecule has 0 spiro atoms. The fourth-order valence-electron chi connectivity index (χ4n) is 3.69. The van der Waals surface area contributed by atoms with Gasteiger partial charge in [-0.05, 0) is 34.9 Å². The summed E-state index contributed by atoms with van der Waals surface area (Å²) in [6, 6.07) is 19.4. The van der Waals surface area contributed by atoms with Gasteiger partial charge in [-0.2, -0.15) is 13.2 Å². The fourth-order valence-corrected chi connectivity index (χ4v) is 3.69. The molecule has 0 aromatic heterocycles. The second-order valence-electron chi connectivity index (χ2n) is 7.94. The second kappa shape index (κ2) is 8.11. The zero-order chi connectivity index (χ0) is 22.0. The molecule has 3 rings (SSSR count). The summed E-state index contributed by atoms with van der Waals surface area (Å²) in [6.45, 7) is 3.29. The quantitative estimate of drug-likeness (QED) is 0.486. The number of nitrogens with zero attached hydrogens (tertiary/aromatic N) is 1. The summed E-state index contributed by atoms with van der Waals surface area (Å²) in [5.41, 5.74) is -3.21. The lowest BCUT2D eigenvalue weighted by molar-refractivity contribution is -0.234. The number of aliphatic hydroxyl groups is 1. The van der Waals surface area contributed by atoms with Crippen LogP contribution in [0.5, 0.6) is 5.75 Å². The van der Waals surface area contributed by atoms with E-state index in [0.29, 0.717) is 28.6 Å². The van der Waals surface area contributed by atoms with Crippen molar-refractivity contribution in [2.24, 2.45) is 4.99 Å². The number of hydrogen-bond donors (Lipinski definition) is 1. The lowest BCUT2D eigenvalue weighted by Gasteiger charge is -2.36. The maximum atomic E-state index is 14.0. The Kier molecular flexibility index (Phi) is 5.90. The van der Waals surface area contributed by atoms with Crippen LogP contribution in [0.3, 0.4) is 0 Å². The van der Waals surface area contributed by atoms with Crippen LogP contribution >= 0.6 is 0 Å². The Hall–Kier alpha value is -2.86. The van der Waals surface area contributed by atoms with Gasteiger partial charge in [0, 0.05) is 11.6 Å². The van der Waals surface area contributed by atoms with Crippen molar-refractivity contribution in [1.82, 2.24) is 0 Å². The highest BCUT2D eigenvalue weighted by Gasteiger charge is 2.55. The number of ether oxygens (including phenoxy) is 1. The topological polar surface area (TPSA) is 41.8 Å². The summed E-state index contributed by atoms with van der Waals surface area (Å²) in [4.78, 5) is 4.07. The molecule has 0 bridgehead atoms. The van der Waals surface area contributed by atoms with Crippen molar-refractivity contribution in [2.45, 2.75) is 37.5 Å². The summed E-state index contributed by atoms with van der Waals surface area (Å²) in [6.07, 6.45) is -4.90. The molecule has 158 valence electrons. The first-order valence-electron chi connectivity index (χ1n) is 9.53. The third-order valence-electron chi connectivity index (χ3n) is 5.22. The number of fused-ring (bicyclic) bond motifs is 1. The molecule has 1 atom stereocenters. The molecule has 3 aromatic rings. The molecule has 0 aliphatic rings. The van der Waals surface area contributed by atoms with Crippen LogP contribution in [-0.2, 0) is 5.41 Å². The minimum absolute atomic E-state index is 0.367. The zero-order valence-corrected chi connectivity index (χ0v) is 17.1. The van der Waals surface area contributed by atoms with Crippen LogP contribution < -0.4 is 4.74 Å². The Morgan fingerprint density at radius 2 is 1.57 bits per heavy atom. The minimum atomic E-state index is -4.90. The predicted octanol–water partition coefficient (Wildman–Crippen LogP) is 6.21. The molecule has 0 saturated carbocycles. The first kappa shape index (κ1) is 21.8. The molecule has 0 radical (unpaired) electrons. The van der Waals surface area contributed by atoms with Crippen LogP contribution in [0, 0.1) is 0 Å². The first-order chi connectivity index (χ1) is 14.1. The van der Waals surface area contributed by atoms with Gasteiger partial charge in [0.25, 0.3) is 0 Å². The van der Waals surface area contributed by atoms with Gasteiger partial charge in [-0.25, -0.2) is 0 Å². The molecule has 1 unspecified atom stereocenters. The number of rotatable bonds is 6. The molecule has 0 aliphatic carbocycles. The second-order valence-corrected chi connectivity index (χ2v) is 7.94. The van der Waals surface area contributed by atoms with Crippen LogP contribution in [-0.4, -0.2) is 30.2 Å². The average molecular weight is 415 g/mol. The summed E-state index contributed by atoms with van der Waals surface area (Å²) >= 11 is 0. The number of alkyl halides is 3. The molecule has 6 heteroatoms. The van der Waals surface area contributed by atoms with Crippen molar-refractivity contribution in [1.29, 1.82) is 0 Å². The van der Waals surface area contributed by atoms with E-state index in [1.54, 1.807) is 62.4 Å². The lowest BCUT2D eigenvalue weighted by atomic mass is 9.75. The smallest absolute Gasteiger partial charge is 0.422 e. The Labute approximate surface area is 173 Å². The number of benzene rings is 3. The Morgan fingerprint density at radius 3 is 2.27 bits per heavy atom. The van der Waals surface area contributed by atoms with Gasteiger partial charge in [-0.15, -0.1) is 0 Å². The van der Waals surface area contributed by atoms with Crippen LogP contribution in [0.1, 0.15) is 25.8 Å². The highest BCUT2D eigenvalue weighted by Crippen LogP contribution is 2.43. The van der Waals surface area contributed by atoms with Crippen molar-refractivity contribution >= 4 is 22.7 Å². The largest absolute Gasteiger partial charge is 0.496 e. The van der Waals surface area contributed by atoms with Gasteiger partial charge in [0.1, 0.15) is 5.75 Å². The molecule has 0 amide bonds. The number of para-hydroxylation sites is 1. The maximum Gasteiger partial charge on any atom is 0.422 e. The van der Waals surface area contributed by atoms with E-state index in [1.165, 1.54) is 7.11 Å². The normalized spacial score (nSPS) is 14.8. The van der Waals surface area contributed by atoms with Crippen molar-refractivity contribution in [3.05, 3.63) is 72.3 Å². The summed E-state index contributed by atoms with van der Waals surface area (Å²) in [7, 11) is 1.47. The maximum absolute atomic E-state index is 14.0. The molecule has 30 heavy (non-hydrogen) atoms. The SMILES string of the molecule is COc1ccccc1C(C)(C)CC(O)(C=Nc1cccc2ccccc12)C(F)(F)F. The summed E-state index contributed by atoms with van der Waals surface area (Å²) in [5.74, 6) is 0.470. The van der Waals surface area contributed by atoms with Gasteiger partial charge in [-0.3, -0.25) is 4.99 Å². The minimum Gasteiger partial charge on any atom is -0.496 e. The average Bonchev–Trinajstić information content (AvgIpc) is 2.71. The van der Waals surface area contributed by atoms with E-state index >= 15 is 0 Å². The van der Waals surface area contributed by atoms with Gasteiger partial charge in [0.2, 0.25) is 0 Å². The standard InChI is InChI=1S/C24H24F3NO2/c1-22(2,19-12-6-7-14-21(19)30-3)15-23(29,24(25,26)27)16-28-20-13-8-10-17-9-4-5-11-18(17)20/h4-14,16,29H,15H2,1-3H3. The molecule has 1 N–H and O–H groups in total. The van der Waals surface area contributed by atoms with Gasteiger partial charge in [-0.1, -0.05) is 68.4 Å². The number of aliphatic imine (C=N–C) groups is 1. The van der Waals surface area contributed by atoms with E-state index in [1.807, 2.05) is 18.2 Å². The van der Waals surface area contributed by atoms with E-state index in [9.17, 15) is 18.3 Å². The number of hydrogen-bond acceptors (Lipinski definition) is 3. The van der Waals surface area contributed by atoms with Crippen molar-refractivity contribution in [3.63, 3.8) is 0 Å². The Balaban J connectivity index is 2.02. The molecule has 0 fully saturated rings.